The number of nitrogen functional groups attached to an aromatic ring is 1. The first-order chi connectivity index (χ1) is 8.59. The molecule has 0 amide bonds. The fourth-order valence-corrected chi connectivity index (χ4v) is 3.15. The molecule has 6 heteroatoms. The highest BCUT2D eigenvalue weighted by Crippen LogP contribution is 2.23. The predicted octanol–water partition coefficient (Wildman–Crippen LogP) is 1.18. The molecule has 0 aromatic heterocycles. The summed E-state index contributed by atoms with van der Waals surface area (Å²) < 4.78 is 27.1. The number of sulfonamides is 1. The number of aliphatic hydroxyl groups excluding tert-OH is 1. The van der Waals surface area contributed by atoms with Crippen LogP contribution < -0.4 is 10.5 Å². The number of aryl methyl sites for hydroxylation is 1. The Balaban J connectivity index is 3.08. The van der Waals surface area contributed by atoms with Gasteiger partial charge >= 0.3 is 0 Å². The van der Waals surface area contributed by atoms with E-state index in [1.807, 2.05) is 0 Å². The number of rotatable bonds is 5. The first-order valence-corrected chi connectivity index (χ1v) is 7.55. The summed E-state index contributed by atoms with van der Waals surface area (Å²) in [5.41, 5.74) is 7.09. The van der Waals surface area contributed by atoms with E-state index >= 15 is 0 Å². The Labute approximate surface area is 114 Å². The molecule has 0 saturated carbocycles. The summed E-state index contributed by atoms with van der Waals surface area (Å²) in [6.45, 7) is 7.12. The second-order valence-corrected chi connectivity index (χ2v) is 7.36. The van der Waals surface area contributed by atoms with E-state index in [4.69, 9.17) is 10.8 Å². The molecule has 0 heterocycles. The molecule has 0 spiro atoms. The van der Waals surface area contributed by atoms with E-state index in [2.05, 4.69) is 4.72 Å². The van der Waals surface area contributed by atoms with Gasteiger partial charge in [-0.2, -0.15) is 0 Å². The molecular formula is C13H22N2O3S. The van der Waals surface area contributed by atoms with E-state index in [0.717, 1.165) is 5.56 Å². The number of hydrogen-bond donors (Lipinski definition) is 3. The maximum absolute atomic E-state index is 12.3. The van der Waals surface area contributed by atoms with Gasteiger partial charge in [0.25, 0.3) is 0 Å². The minimum atomic E-state index is -3.62. The maximum Gasteiger partial charge on any atom is 0.240 e. The van der Waals surface area contributed by atoms with Gasteiger partial charge < -0.3 is 10.8 Å². The smallest absolute Gasteiger partial charge is 0.240 e. The van der Waals surface area contributed by atoms with E-state index in [0.29, 0.717) is 11.3 Å². The molecule has 0 aliphatic rings. The van der Waals surface area contributed by atoms with Gasteiger partial charge in [0, 0.05) is 24.3 Å². The highest BCUT2D eigenvalue weighted by molar-refractivity contribution is 7.89. The third-order valence-corrected chi connectivity index (χ3v) is 4.53. The lowest BCUT2D eigenvalue weighted by Crippen LogP contribution is -2.36. The summed E-state index contributed by atoms with van der Waals surface area (Å²) in [6.07, 6.45) is 0. The van der Waals surface area contributed by atoms with Gasteiger partial charge in [-0.25, -0.2) is 13.1 Å². The molecule has 0 bridgehead atoms. The predicted molar refractivity (Wildman–Crippen MR) is 76.4 cm³/mol. The van der Waals surface area contributed by atoms with Gasteiger partial charge in [-0.05, 0) is 37.1 Å². The summed E-state index contributed by atoms with van der Waals surface area (Å²) in [4.78, 5) is 0.193. The van der Waals surface area contributed by atoms with Crippen LogP contribution in [0.5, 0.6) is 0 Å². The zero-order chi connectivity index (χ0) is 14.8. The zero-order valence-electron chi connectivity index (χ0n) is 11.8. The van der Waals surface area contributed by atoms with Gasteiger partial charge in [-0.3, -0.25) is 0 Å². The van der Waals surface area contributed by atoms with Crippen molar-refractivity contribution in [3.05, 3.63) is 23.3 Å². The molecule has 4 N–H and O–H groups in total. The lowest BCUT2D eigenvalue weighted by molar-refractivity contribution is 0.163. The monoisotopic (exact) mass is 286 g/mol. The fraction of sp³-hybridized carbons (Fsp3) is 0.538. The van der Waals surface area contributed by atoms with Crippen molar-refractivity contribution in [3.8, 4) is 0 Å². The molecular weight excluding hydrogens is 264 g/mol. The minimum Gasteiger partial charge on any atom is -0.398 e. The minimum absolute atomic E-state index is 0.0928. The number of benzene rings is 1. The Morgan fingerprint density at radius 1 is 1.32 bits per heavy atom. The third-order valence-electron chi connectivity index (χ3n) is 3.00. The summed E-state index contributed by atoms with van der Waals surface area (Å²) in [5.74, 6) is 0. The first kappa shape index (κ1) is 15.9. The number of nitrogens with two attached hydrogens (primary N) is 1. The van der Waals surface area contributed by atoms with Crippen molar-refractivity contribution in [3.63, 3.8) is 0 Å². The van der Waals surface area contributed by atoms with Crippen LogP contribution in [0.4, 0.5) is 5.69 Å². The molecule has 0 saturated heterocycles. The summed E-state index contributed by atoms with van der Waals surface area (Å²) in [7, 11) is -3.62. The summed E-state index contributed by atoms with van der Waals surface area (Å²) >= 11 is 0. The lowest BCUT2D eigenvalue weighted by Gasteiger charge is -2.22. The normalized spacial score (nSPS) is 12.7. The lowest BCUT2D eigenvalue weighted by atomic mass is 9.96. The highest BCUT2D eigenvalue weighted by atomic mass is 32.2. The Morgan fingerprint density at radius 3 is 2.42 bits per heavy atom. The quantitative estimate of drug-likeness (QED) is 0.709. The van der Waals surface area contributed by atoms with Crippen LogP contribution >= 0.6 is 0 Å². The Hall–Kier alpha value is -1.11. The van der Waals surface area contributed by atoms with Gasteiger partial charge in [0.05, 0.1) is 4.90 Å². The van der Waals surface area contributed by atoms with Crippen molar-refractivity contribution < 1.29 is 13.5 Å². The molecule has 1 aromatic carbocycles. The van der Waals surface area contributed by atoms with Crippen molar-refractivity contribution in [1.82, 2.24) is 4.72 Å². The van der Waals surface area contributed by atoms with Gasteiger partial charge in [-0.15, -0.1) is 0 Å². The zero-order valence-corrected chi connectivity index (χ0v) is 12.6. The number of aliphatic hydroxyl groups is 1. The van der Waals surface area contributed by atoms with Gasteiger partial charge in [-0.1, -0.05) is 13.8 Å². The molecule has 0 aliphatic carbocycles. The molecule has 0 atom stereocenters. The first-order valence-electron chi connectivity index (χ1n) is 6.06. The standard InChI is InChI=1S/C13H22N2O3S/c1-9-5-11(14)10(2)12(6-9)19(17,18)15-7-13(3,4)8-16/h5-6,15-16H,7-8,14H2,1-4H3. The second kappa shape index (κ2) is 5.48. The molecule has 19 heavy (non-hydrogen) atoms. The Morgan fingerprint density at radius 2 is 1.89 bits per heavy atom. The van der Waals surface area contributed by atoms with Crippen molar-refractivity contribution in [2.75, 3.05) is 18.9 Å². The summed E-state index contributed by atoms with van der Waals surface area (Å²) in [5, 5.41) is 9.15. The Bertz CT molecular complexity index is 565. The average molecular weight is 286 g/mol. The van der Waals surface area contributed by atoms with Crippen molar-refractivity contribution in [2.24, 2.45) is 5.41 Å². The number of hydrogen-bond acceptors (Lipinski definition) is 4. The topological polar surface area (TPSA) is 92.4 Å². The maximum atomic E-state index is 12.3. The Kier molecular flexibility index (Phi) is 4.60. The van der Waals surface area contributed by atoms with Crippen LogP contribution in [0.25, 0.3) is 0 Å². The van der Waals surface area contributed by atoms with Gasteiger partial charge in [0.1, 0.15) is 0 Å². The van der Waals surface area contributed by atoms with Gasteiger partial charge in [0.2, 0.25) is 10.0 Å². The van der Waals surface area contributed by atoms with E-state index < -0.39 is 15.4 Å². The fourth-order valence-electron chi connectivity index (χ4n) is 1.56. The van der Waals surface area contributed by atoms with Crippen LogP contribution in [0.2, 0.25) is 0 Å². The third kappa shape index (κ3) is 3.92. The van der Waals surface area contributed by atoms with Crippen LogP contribution in [0.15, 0.2) is 17.0 Å². The van der Waals surface area contributed by atoms with Crippen molar-refractivity contribution >= 4 is 15.7 Å². The van der Waals surface area contributed by atoms with Crippen LogP contribution in [-0.2, 0) is 10.0 Å². The molecule has 5 nitrogen and oxygen atoms in total. The van der Waals surface area contributed by atoms with Crippen molar-refractivity contribution in [1.29, 1.82) is 0 Å². The van der Waals surface area contributed by atoms with E-state index in [-0.39, 0.29) is 18.0 Å². The van der Waals surface area contributed by atoms with Crippen LogP contribution in [0, 0.1) is 19.3 Å². The van der Waals surface area contributed by atoms with Crippen molar-refractivity contribution in [2.45, 2.75) is 32.6 Å². The SMILES string of the molecule is Cc1cc(N)c(C)c(S(=O)(=O)NCC(C)(C)CO)c1. The number of nitrogens with one attached hydrogen (secondary N) is 1. The van der Waals surface area contributed by atoms with Gasteiger partial charge in [0.15, 0.2) is 0 Å². The molecule has 0 aliphatic heterocycles. The highest BCUT2D eigenvalue weighted by Gasteiger charge is 2.23. The molecule has 1 rings (SSSR count). The average Bonchev–Trinajstić information content (AvgIpc) is 2.31. The van der Waals surface area contributed by atoms with Crippen LogP contribution in [0.1, 0.15) is 25.0 Å². The van der Waals surface area contributed by atoms with E-state index in [1.165, 1.54) is 0 Å². The molecule has 108 valence electrons. The molecule has 0 unspecified atom stereocenters. The van der Waals surface area contributed by atoms with Crippen LogP contribution in [-0.4, -0.2) is 26.7 Å². The molecule has 1 aromatic rings. The second-order valence-electron chi connectivity index (χ2n) is 5.62. The van der Waals surface area contributed by atoms with E-state index in [1.54, 1.807) is 39.8 Å². The number of anilines is 1. The summed E-state index contributed by atoms with van der Waals surface area (Å²) in [6, 6.07) is 3.34. The van der Waals surface area contributed by atoms with Crippen LogP contribution in [0.3, 0.4) is 0 Å². The largest absolute Gasteiger partial charge is 0.398 e. The molecule has 0 fully saturated rings. The molecule has 0 radical (unpaired) electrons. The van der Waals surface area contributed by atoms with E-state index in [9.17, 15) is 8.42 Å².